The number of nitrogens with two attached hydrogens (primary N) is 2. The molecular formula is C8H9N5O. The van der Waals surface area contributed by atoms with Crippen molar-refractivity contribution in [1.82, 2.24) is 14.9 Å². The third-order valence-electron chi connectivity index (χ3n) is 1.83. The van der Waals surface area contributed by atoms with E-state index in [1.165, 1.54) is 17.1 Å². The van der Waals surface area contributed by atoms with E-state index in [-0.39, 0.29) is 5.75 Å². The molecule has 14 heavy (non-hydrogen) atoms. The number of aromatic nitrogens is 3. The summed E-state index contributed by atoms with van der Waals surface area (Å²) in [5.41, 5.74) is 6.57. The minimum Gasteiger partial charge on any atom is -0.507 e. The predicted octanol–water partition coefficient (Wildman–Crippen LogP) is -0.0533. The third kappa shape index (κ3) is 1.22. The van der Waals surface area contributed by atoms with Gasteiger partial charge in [0.15, 0.2) is 5.82 Å². The van der Waals surface area contributed by atoms with Gasteiger partial charge in [0.1, 0.15) is 12.1 Å². The number of anilines is 1. The number of aromatic hydroxyl groups is 1. The molecule has 1 aromatic heterocycles. The summed E-state index contributed by atoms with van der Waals surface area (Å²) in [6, 6.07) is 4.66. The third-order valence-corrected chi connectivity index (χ3v) is 1.83. The summed E-state index contributed by atoms with van der Waals surface area (Å²) in [7, 11) is 0. The second-order valence-electron chi connectivity index (χ2n) is 2.84. The zero-order valence-corrected chi connectivity index (χ0v) is 7.25. The van der Waals surface area contributed by atoms with Crippen LogP contribution in [-0.2, 0) is 0 Å². The monoisotopic (exact) mass is 191 g/mol. The van der Waals surface area contributed by atoms with Gasteiger partial charge in [-0.05, 0) is 18.2 Å². The molecule has 1 aromatic carbocycles. The van der Waals surface area contributed by atoms with E-state index in [2.05, 4.69) is 10.2 Å². The molecular weight excluding hydrogens is 182 g/mol. The van der Waals surface area contributed by atoms with Crippen LogP contribution in [0.25, 0.3) is 11.4 Å². The van der Waals surface area contributed by atoms with Gasteiger partial charge >= 0.3 is 0 Å². The highest BCUT2D eigenvalue weighted by Crippen LogP contribution is 2.28. The lowest BCUT2D eigenvalue weighted by molar-refractivity contribution is 0.476. The first kappa shape index (κ1) is 8.36. The molecule has 6 nitrogen and oxygen atoms in total. The maximum atomic E-state index is 9.54. The van der Waals surface area contributed by atoms with Crippen LogP contribution < -0.4 is 11.6 Å². The molecule has 0 aliphatic rings. The van der Waals surface area contributed by atoms with Crippen LogP contribution in [0.4, 0.5) is 5.69 Å². The zero-order chi connectivity index (χ0) is 10.1. The van der Waals surface area contributed by atoms with Crippen LogP contribution in [0.3, 0.4) is 0 Å². The van der Waals surface area contributed by atoms with Crippen molar-refractivity contribution < 1.29 is 5.11 Å². The summed E-state index contributed by atoms with van der Waals surface area (Å²) >= 11 is 0. The Balaban J connectivity index is 2.62. The number of nitrogens with zero attached hydrogens (tertiary/aromatic N) is 3. The zero-order valence-electron chi connectivity index (χ0n) is 7.25. The number of hydrogen-bond donors (Lipinski definition) is 3. The summed E-state index contributed by atoms with van der Waals surface area (Å²) in [4.78, 5) is 0. The second kappa shape index (κ2) is 2.91. The molecule has 0 aliphatic heterocycles. The number of nitrogen functional groups attached to an aromatic ring is 2. The normalized spacial score (nSPS) is 10.3. The number of phenolic OH excluding ortho intramolecular Hbond substituents is 1. The molecule has 0 fully saturated rings. The van der Waals surface area contributed by atoms with Gasteiger partial charge in [-0.3, -0.25) is 0 Å². The van der Waals surface area contributed by atoms with Gasteiger partial charge in [-0.25, -0.2) is 4.68 Å². The Hall–Kier alpha value is -2.24. The molecule has 0 saturated heterocycles. The molecule has 6 heteroatoms. The molecule has 0 aliphatic carbocycles. The Kier molecular flexibility index (Phi) is 1.74. The maximum Gasteiger partial charge on any atom is 0.186 e. The minimum atomic E-state index is 0.0684. The van der Waals surface area contributed by atoms with Crippen molar-refractivity contribution in [3.05, 3.63) is 24.5 Å². The van der Waals surface area contributed by atoms with Crippen LogP contribution in [-0.4, -0.2) is 20.0 Å². The summed E-state index contributed by atoms with van der Waals surface area (Å²) in [6.07, 6.45) is 1.35. The van der Waals surface area contributed by atoms with Gasteiger partial charge in [0.25, 0.3) is 0 Å². The molecule has 0 amide bonds. The highest BCUT2D eigenvalue weighted by atomic mass is 16.3. The molecule has 2 rings (SSSR count). The SMILES string of the molecule is Nc1ccc(O)c(-c2nncn2N)c1. The van der Waals surface area contributed by atoms with E-state index in [1.54, 1.807) is 12.1 Å². The fourth-order valence-corrected chi connectivity index (χ4v) is 1.17. The molecule has 0 atom stereocenters. The Morgan fingerprint density at radius 1 is 1.36 bits per heavy atom. The second-order valence-corrected chi connectivity index (χ2v) is 2.84. The van der Waals surface area contributed by atoms with Gasteiger partial charge in [-0.2, -0.15) is 0 Å². The lowest BCUT2D eigenvalue weighted by Crippen LogP contribution is -2.08. The van der Waals surface area contributed by atoms with Crippen LogP contribution in [0.2, 0.25) is 0 Å². The van der Waals surface area contributed by atoms with Crippen LogP contribution in [0.15, 0.2) is 24.5 Å². The van der Waals surface area contributed by atoms with Crippen molar-refractivity contribution in [2.45, 2.75) is 0 Å². The highest BCUT2D eigenvalue weighted by molar-refractivity contribution is 5.68. The maximum absolute atomic E-state index is 9.54. The van der Waals surface area contributed by atoms with Crippen LogP contribution in [0.1, 0.15) is 0 Å². The van der Waals surface area contributed by atoms with Crippen LogP contribution >= 0.6 is 0 Å². The lowest BCUT2D eigenvalue weighted by atomic mass is 10.1. The highest BCUT2D eigenvalue weighted by Gasteiger charge is 2.10. The Labute approximate surface area is 79.8 Å². The fraction of sp³-hybridized carbons (Fsp3) is 0. The standard InChI is InChI=1S/C8H9N5O/c9-5-1-2-7(14)6(3-5)8-12-11-4-13(8)10/h1-4,14H,9-10H2. The van der Waals surface area contributed by atoms with Crippen molar-refractivity contribution in [2.75, 3.05) is 11.6 Å². The van der Waals surface area contributed by atoms with E-state index in [4.69, 9.17) is 11.6 Å². The Bertz CT molecular complexity index is 465. The number of rotatable bonds is 1. The fourth-order valence-electron chi connectivity index (χ4n) is 1.17. The number of phenols is 1. The van der Waals surface area contributed by atoms with Gasteiger partial charge in [-0.1, -0.05) is 0 Å². The van der Waals surface area contributed by atoms with E-state index in [9.17, 15) is 5.11 Å². The average molecular weight is 191 g/mol. The Morgan fingerprint density at radius 2 is 2.14 bits per heavy atom. The van der Waals surface area contributed by atoms with Gasteiger partial charge < -0.3 is 16.7 Å². The summed E-state index contributed by atoms with van der Waals surface area (Å²) < 4.78 is 1.22. The van der Waals surface area contributed by atoms with E-state index in [0.717, 1.165) is 0 Å². The minimum absolute atomic E-state index is 0.0684. The van der Waals surface area contributed by atoms with Crippen LogP contribution in [0.5, 0.6) is 5.75 Å². The van der Waals surface area contributed by atoms with Crippen molar-refractivity contribution in [3.63, 3.8) is 0 Å². The van der Waals surface area contributed by atoms with Gasteiger partial charge in [0, 0.05) is 5.69 Å². The first-order valence-corrected chi connectivity index (χ1v) is 3.92. The molecule has 0 saturated carbocycles. The van der Waals surface area contributed by atoms with E-state index in [1.807, 2.05) is 0 Å². The molecule has 2 aromatic rings. The van der Waals surface area contributed by atoms with Crippen LogP contribution in [0, 0.1) is 0 Å². The first-order chi connectivity index (χ1) is 6.68. The van der Waals surface area contributed by atoms with E-state index >= 15 is 0 Å². The lowest BCUT2D eigenvalue weighted by Gasteiger charge is -2.03. The van der Waals surface area contributed by atoms with E-state index in [0.29, 0.717) is 17.1 Å². The predicted molar refractivity (Wildman–Crippen MR) is 51.7 cm³/mol. The molecule has 0 spiro atoms. The first-order valence-electron chi connectivity index (χ1n) is 3.92. The average Bonchev–Trinajstić information content (AvgIpc) is 2.56. The summed E-state index contributed by atoms with van der Waals surface area (Å²) in [5.74, 6) is 5.97. The van der Waals surface area contributed by atoms with Crippen molar-refractivity contribution in [1.29, 1.82) is 0 Å². The summed E-state index contributed by atoms with van der Waals surface area (Å²) in [5, 5.41) is 16.9. The summed E-state index contributed by atoms with van der Waals surface area (Å²) in [6.45, 7) is 0. The van der Waals surface area contributed by atoms with Gasteiger partial charge in [0.2, 0.25) is 0 Å². The van der Waals surface area contributed by atoms with Gasteiger partial charge in [-0.15, -0.1) is 10.2 Å². The topological polar surface area (TPSA) is 103 Å². The molecule has 72 valence electrons. The molecule has 5 N–H and O–H groups in total. The number of benzene rings is 1. The quantitative estimate of drug-likeness (QED) is 0.333. The number of hydrogen-bond acceptors (Lipinski definition) is 5. The molecule has 0 unspecified atom stereocenters. The van der Waals surface area contributed by atoms with Gasteiger partial charge in [0.05, 0.1) is 5.56 Å². The molecule has 0 radical (unpaired) electrons. The van der Waals surface area contributed by atoms with E-state index < -0.39 is 0 Å². The van der Waals surface area contributed by atoms with Crippen molar-refractivity contribution in [2.24, 2.45) is 0 Å². The smallest absolute Gasteiger partial charge is 0.186 e. The van der Waals surface area contributed by atoms with Crippen molar-refractivity contribution in [3.8, 4) is 17.1 Å². The van der Waals surface area contributed by atoms with Crippen molar-refractivity contribution >= 4 is 5.69 Å². The Morgan fingerprint density at radius 3 is 2.79 bits per heavy atom. The molecule has 0 bridgehead atoms. The molecule has 1 heterocycles. The largest absolute Gasteiger partial charge is 0.507 e.